The molecule has 149 heavy (non-hydrogen) atoms. The van der Waals surface area contributed by atoms with E-state index >= 15 is 9.59 Å². The Morgan fingerprint density at radius 3 is 0.819 bits per heavy atom. The summed E-state index contributed by atoms with van der Waals surface area (Å²) in [7, 11) is 0. The molecule has 770 valence electrons. The maximum absolute atomic E-state index is 15.4. The first-order valence-electron chi connectivity index (χ1n) is 50.0. The fraction of sp³-hybridized carbons (Fsp3) is 0.258. The van der Waals surface area contributed by atoms with Crippen LogP contribution in [0.1, 0.15) is 212 Å². The third-order valence-corrected chi connectivity index (χ3v) is 24.6. The number of fused-ring (bicyclic) bond motifs is 2. The number of ether oxygens (including phenoxy) is 6. The molecule has 4 aliphatic rings. The lowest BCUT2D eigenvalue weighted by atomic mass is 9.86. The molecule has 0 bridgehead atoms. The second-order valence-electron chi connectivity index (χ2n) is 38.5. The third-order valence-electron chi connectivity index (χ3n) is 24.6. The zero-order valence-corrected chi connectivity index (χ0v) is 86.0. The number of carboxylic acid groups (broad SMARTS) is 1. The number of rotatable bonds is 46. The number of aromatic carboxylic acids is 1. The smallest absolute Gasteiger partial charge is 0.335 e. The maximum Gasteiger partial charge on any atom is 0.335 e. The van der Waals surface area contributed by atoms with Gasteiger partial charge in [0.05, 0.1) is 90.3 Å². The van der Waals surface area contributed by atoms with Gasteiger partial charge in [-0.05, 0) is 317 Å². The quantitative estimate of drug-likeness (QED) is 0.00797. The number of hydrogen-bond donors (Lipinski definition) is 3. The molecule has 25 heteroatoms. The number of phenols is 2. The van der Waals surface area contributed by atoms with Crippen molar-refractivity contribution in [2.24, 2.45) is 0 Å². The largest absolute Gasteiger partial charge is 0.508 e. The zero-order chi connectivity index (χ0) is 106. The number of anilines is 4. The van der Waals surface area contributed by atoms with E-state index in [4.69, 9.17) is 53.1 Å². The molecule has 11 aromatic carbocycles. The average Bonchev–Trinajstić information content (AvgIpc) is 1.55. The van der Waals surface area contributed by atoms with Crippen LogP contribution in [0.25, 0.3) is 34.9 Å². The Hall–Kier alpha value is -16.6. The fourth-order valence-electron chi connectivity index (χ4n) is 16.9. The zero-order valence-electron chi connectivity index (χ0n) is 86.0. The Labute approximate surface area is 871 Å². The van der Waals surface area contributed by atoms with Crippen LogP contribution in [-0.4, -0.2) is 102 Å². The van der Waals surface area contributed by atoms with Crippen molar-refractivity contribution in [3.63, 3.8) is 0 Å². The molecular weight excluding hydrogens is 1880 g/mol. The van der Waals surface area contributed by atoms with Crippen LogP contribution in [-0.2, 0) is 81.6 Å². The molecule has 0 fully saturated rings. The van der Waals surface area contributed by atoms with Gasteiger partial charge in [0.25, 0.3) is 23.6 Å². The van der Waals surface area contributed by atoms with Crippen LogP contribution in [0.4, 0.5) is 22.7 Å². The van der Waals surface area contributed by atoms with Crippen LogP contribution < -0.4 is 43.6 Å². The minimum Gasteiger partial charge on any atom is -0.508 e. The molecule has 0 aliphatic carbocycles. The van der Waals surface area contributed by atoms with E-state index in [0.29, 0.717) is 147 Å². The number of esters is 3. The first kappa shape index (κ1) is 110. The standard InChI is InChI=1S/C70H74N2O12.C38H34N2O4.C16H20O5/c1-8-62(73)79-44-16-12-10-14-42-77-58-34-22-52(23-35-58)48-82-83-60-36-32-57(33-37-60)72-67(54-26-28-55(29-27-54)70(5,6)7)65-64(69(72)76)66(53-24-18-50(19-25-53)46-49(3)4)71(68(65)75)56-30-20-51(21-31-56)47-81-84-61-40-38-59(39-41-61)78-43-15-11-13-17-45-80-63(74)9-2;1-23(2)22-24-6-8-25(9-7-24)34-32-33(37(44)39(34)28-14-18-30(41)19-15-28)35(26-10-12-27(13-11-26)38(3,4)5)40(36(32)43)29-16-20-31(42)21-17-29;1-2-15(17)21-12-6-4-3-5-11-20-14-9-7-13(8-10-14)16(18)19/h8-9,18-41,46H,1-2,10-17,42-45,47-48H2,3-7H3;6-22,41-42H,1-5H3;2,7-10H,1,3-6,11-12H2,(H,18,19). The van der Waals surface area contributed by atoms with E-state index in [2.05, 4.69) is 85.6 Å². The summed E-state index contributed by atoms with van der Waals surface area (Å²) < 4.78 is 32.2. The first-order valence-corrected chi connectivity index (χ1v) is 50.0. The highest BCUT2D eigenvalue weighted by Crippen LogP contribution is 2.53. The molecule has 0 saturated heterocycles. The molecule has 4 amide bonds. The minimum absolute atomic E-state index is 0.0762. The number of phenolic OH excluding ortho intramolecular Hbond substituents is 2. The number of carbonyl (C=O) groups is 8. The number of benzene rings is 11. The van der Waals surface area contributed by atoms with Crippen LogP contribution in [0.15, 0.2) is 338 Å². The van der Waals surface area contributed by atoms with Crippen molar-refractivity contribution in [1.29, 1.82) is 0 Å². The van der Waals surface area contributed by atoms with E-state index in [0.717, 1.165) is 139 Å². The van der Waals surface area contributed by atoms with Crippen molar-refractivity contribution in [3.05, 3.63) is 400 Å². The van der Waals surface area contributed by atoms with Crippen LogP contribution in [0.3, 0.4) is 0 Å². The van der Waals surface area contributed by atoms with Gasteiger partial charge in [0.2, 0.25) is 0 Å². The summed E-state index contributed by atoms with van der Waals surface area (Å²) in [5, 5.41) is 28.8. The lowest BCUT2D eigenvalue weighted by molar-refractivity contribution is -0.217. The van der Waals surface area contributed by atoms with Gasteiger partial charge in [0.1, 0.15) is 42.0 Å². The first-order chi connectivity index (χ1) is 71.8. The Kier molecular flexibility index (Phi) is 38.6. The highest BCUT2D eigenvalue weighted by Gasteiger charge is 2.52. The van der Waals surface area contributed by atoms with E-state index in [1.807, 2.05) is 173 Å². The van der Waals surface area contributed by atoms with Gasteiger partial charge in [-0.2, -0.15) is 9.78 Å². The van der Waals surface area contributed by atoms with Gasteiger partial charge in [0, 0.05) is 41.0 Å². The molecule has 0 unspecified atom stereocenters. The van der Waals surface area contributed by atoms with Crippen molar-refractivity contribution >= 4 is 105 Å². The van der Waals surface area contributed by atoms with E-state index in [1.54, 1.807) is 92.4 Å². The summed E-state index contributed by atoms with van der Waals surface area (Å²) in [6.45, 7) is 34.3. The number of aromatic hydroxyl groups is 2. The molecule has 0 atom stereocenters. The molecule has 0 aromatic heterocycles. The highest BCUT2D eigenvalue weighted by molar-refractivity contribution is 6.43. The number of nitrogens with zero attached hydrogens (tertiary/aromatic N) is 4. The van der Waals surface area contributed by atoms with Gasteiger partial charge in [0.15, 0.2) is 11.5 Å². The summed E-state index contributed by atoms with van der Waals surface area (Å²) in [6.07, 6.45) is 18.5. The molecule has 15 rings (SSSR count). The minimum atomic E-state index is -0.946. The van der Waals surface area contributed by atoms with Crippen LogP contribution in [0.2, 0.25) is 0 Å². The van der Waals surface area contributed by atoms with Crippen molar-refractivity contribution in [3.8, 4) is 40.2 Å². The number of carboxylic acids is 1. The van der Waals surface area contributed by atoms with E-state index < -0.39 is 17.9 Å². The van der Waals surface area contributed by atoms with Crippen LogP contribution in [0, 0.1) is 0 Å². The molecule has 4 aliphatic heterocycles. The van der Waals surface area contributed by atoms with Crippen molar-refractivity contribution in [1.82, 2.24) is 0 Å². The number of carbonyl (C=O) groups excluding carboxylic acids is 7. The third kappa shape index (κ3) is 29.6. The topological polar surface area (TPSA) is 303 Å². The average molecular weight is 2010 g/mol. The molecule has 3 N–H and O–H groups in total. The Bertz CT molecular complexity index is 6760. The summed E-state index contributed by atoms with van der Waals surface area (Å²) in [6, 6.07) is 80.2. The summed E-state index contributed by atoms with van der Waals surface area (Å²) in [5.74, 6) is -0.267. The molecule has 25 nitrogen and oxygen atoms in total. The van der Waals surface area contributed by atoms with Gasteiger partial charge < -0.3 is 53.5 Å². The Balaban J connectivity index is 0.000000234. The number of allylic oxidation sites excluding steroid dienone is 2. The summed E-state index contributed by atoms with van der Waals surface area (Å²) in [4.78, 5) is 133. The van der Waals surface area contributed by atoms with Crippen molar-refractivity contribution < 1.29 is 102 Å². The van der Waals surface area contributed by atoms with Crippen LogP contribution in [0.5, 0.6) is 40.2 Å². The Morgan fingerprint density at radius 2 is 0.544 bits per heavy atom. The summed E-state index contributed by atoms with van der Waals surface area (Å²) >= 11 is 0. The van der Waals surface area contributed by atoms with Gasteiger partial charge in [-0.1, -0.05) is 206 Å². The second kappa shape index (κ2) is 52.4. The number of amides is 4. The predicted octanol–water partition coefficient (Wildman–Crippen LogP) is 26.1. The van der Waals surface area contributed by atoms with Crippen LogP contribution >= 0.6 is 0 Å². The second-order valence-corrected chi connectivity index (χ2v) is 38.5. The van der Waals surface area contributed by atoms with Crippen molar-refractivity contribution in [2.45, 2.75) is 170 Å². The highest BCUT2D eigenvalue weighted by atomic mass is 17.2. The maximum atomic E-state index is 15.4. The molecule has 11 aromatic rings. The number of unbranched alkanes of at least 4 members (excludes halogenated alkanes) is 9. The number of hydrogen-bond acceptors (Lipinski definition) is 20. The normalized spacial score (nSPS) is 13.1. The molecule has 0 saturated carbocycles. The molecular formula is C124H128N4O21. The lowest BCUT2D eigenvalue weighted by Crippen LogP contribution is -2.29. The van der Waals surface area contributed by atoms with Gasteiger partial charge in [-0.3, -0.25) is 38.8 Å². The molecule has 0 spiro atoms. The SMILES string of the molecule is C=CC(=O)OCCCCCCOc1ccc(C(=O)O)cc1.C=CC(=O)OCCCCCCOc1ccc(COOc2ccc(N3C(=O)C4=C(c5ccc(C=C(C)C)cc5)N(c5ccc(COOc6ccc(OCCCCCCOC(=O)C=C)cc6)cc5)C(=O)C4=C3c3ccc(C(C)(C)C)cc3)cc2)cc1.CC(C)=Cc1ccc(C2=C3C(=O)N(c4ccc(O)cc4)C(c4ccc(C(C)(C)C)cc4)=C3C(=O)N2c2ccc(O)cc2)cc1. The van der Waals surface area contributed by atoms with Crippen molar-refractivity contribution in [2.75, 3.05) is 59.2 Å². The van der Waals surface area contributed by atoms with E-state index in [9.17, 15) is 39.0 Å². The summed E-state index contributed by atoms with van der Waals surface area (Å²) in [5.41, 5.74) is 16.4. The van der Waals surface area contributed by atoms with Gasteiger partial charge >= 0.3 is 23.9 Å². The monoisotopic (exact) mass is 2010 g/mol. The Morgan fingerprint density at radius 1 is 0.302 bits per heavy atom. The van der Waals surface area contributed by atoms with E-state index in [1.165, 1.54) is 48.6 Å². The fourth-order valence-corrected chi connectivity index (χ4v) is 16.9. The molecule has 4 heterocycles. The lowest BCUT2D eigenvalue weighted by Gasteiger charge is -2.26. The predicted molar refractivity (Wildman–Crippen MR) is 581 cm³/mol. The van der Waals surface area contributed by atoms with Gasteiger partial charge in [-0.15, -0.1) is 0 Å². The van der Waals surface area contributed by atoms with E-state index in [-0.39, 0.29) is 70.7 Å². The van der Waals surface area contributed by atoms with Gasteiger partial charge in [-0.25, -0.2) is 19.2 Å². The molecule has 0 radical (unpaired) electrons.